The minimum absolute atomic E-state index is 0.662. The second-order valence-corrected chi connectivity index (χ2v) is 5.58. The highest BCUT2D eigenvalue weighted by atomic mass is 16.5. The van der Waals surface area contributed by atoms with Crippen LogP contribution in [0.5, 0.6) is 5.75 Å². The van der Waals surface area contributed by atoms with Gasteiger partial charge >= 0.3 is 0 Å². The van der Waals surface area contributed by atoms with E-state index in [0.29, 0.717) is 18.2 Å². The highest BCUT2D eigenvalue weighted by Gasteiger charge is 2.24. The molecule has 0 aliphatic carbocycles. The van der Waals surface area contributed by atoms with E-state index in [0.717, 1.165) is 18.8 Å². The molecule has 108 valence electrons. The van der Waals surface area contributed by atoms with Crippen LogP contribution in [0.25, 0.3) is 0 Å². The molecule has 0 amide bonds. The predicted molar refractivity (Wildman–Crippen MR) is 79.8 cm³/mol. The summed E-state index contributed by atoms with van der Waals surface area (Å²) in [5.41, 5.74) is 0.669. The van der Waals surface area contributed by atoms with Gasteiger partial charge in [0.25, 0.3) is 0 Å². The Morgan fingerprint density at radius 2 is 2.10 bits per heavy atom. The predicted octanol–water partition coefficient (Wildman–Crippen LogP) is 1.96. The Morgan fingerprint density at radius 1 is 1.35 bits per heavy atom. The molecule has 1 aromatic rings. The second-order valence-electron chi connectivity index (χ2n) is 5.58. The van der Waals surface area contributed by atoms with E-state index in [1.807, 2.05) is 12.1 Å². The van der Waals surface area contributed by atoms with Gasteiger partial charge < -0.3 is 9.64 Å². The Balaban J connectivity index is 1.75. The van der Waals surface area contributed by atoms with Crippen molar-refractivity contribution in [3.8, 4) is 11.8 Å². The molecule has 4 heteroatoms. The molecule has 0 aromatic heterocycles. The molecule has 1 atom stereocenters. The Labute approximate surface area is 121 Å². The zero-order valence-corrected chi connectivity index (χ0v) is 12.4. The van der Waals surface area contributed by atoms with Gasteiger partial charge in [0.2, 0.25) is 0 Å². The Hall–Kier alpha value is -1.57. The molecule has 1 fully saturated rings. The lowest BCUT2D eigenvalue weighted by Gasteiger charge is -2.26. The van der Waals surface area contributed by atoms with Crippen molar-refractivity contribution in [3.05, 3.63) is 29.8 Å². The van der Waals surface area contributed by atoms with E-state index in [4.69, 9.17) is 10.00 Å². The zero-order chi connectivity index (χ0) is 14.4. The molecule has 0 spiro atoms. The van der Waals surface area contributed by atoms with Gasteiger partial charge in [-0.2, -0.15) is 5.26 Å². The van der Waals surface area contributed by atoms with Crippen molar-refractivity contribution in [2.45, 2.75) is 18.9 Å². The average molecular weight is 273 g/mol. The van der Waals surface area contributed by atoms with Gasteiger partial charge in [-0.1, -0.05) is 0 Å². The lowest BCUT2D eigenvalue weighted by atomic mass is 10.2. The molecule has 1 aliphatic heterocycles. The summed E-state index contributed by atoms with van der Waals surface area (Å²) in [6, 6.07) is 10.1. The van der Waals surface area contributed by atoms with E-state index in [9.17, 15) is 0 Å². The van der Waals surface area contributed by atoms with Gasteiger partial charge in [-0.15, -0.1) is 0 Å². The molecule has 0 radical (unpaired) electrons. The van der Waals surface area contributed by atoms with Crippen molar-refractivity contribution in [3.63, 3.8) is 0 Å². The van der Waals surface area contributed by atoms with Gasteiger partial charge in [0.05, 0.1) is 11.6 Å². The summed E-state index contributed by atoms with van der Waals surface area (Å²) in [5, 5.41) is 8.75. The summed E-state index contributed by atoms with van der Waals surface area (Å²) in [4.78, 5) is 4.77. The lowest BCUT2D eigenvalue weighted by molar-refractivity contribution is 0.172. The van der Waals surface area contributed by atoms with Crippen LogP contribution in [0.15, 0.2) is 24.3 Å². The molecule has 20 heavy (non-hydrogen) atoms. The van der Waals surface area contributed by atoms with Crippen LogP contribution in [0, 0.1) is 11.3 Å². The minimum atomic E-state index is 0.662. The minimum Gasteiger partial charge on any atom is -0.492 e. The second kappa shape index (κ2) is 7.28. The summed E-state index contributed by atoms with van der Waals surface area (Å²) in [6.45, 7) is 3.97. The summed E-state index contributed by atoms with van der Waals surface area (Å²) in [6.07, 6.45) is 2.57. The first kappa shape index (κ1) is 14.8. The highest BCUT2D eigenvalue weighted by molar-refractivity contribution is 5.34. The van der Waals surface area contributed by atoms with Gasteiger partial charge in [-0.3, -0.25) is 4.90 Å². The van der Waals surface area contributed by atoms with E-state index in [2.05, 4.69) is 30.0 Å². The highest BCUT2D eigenvalue weighted by Crippen LogP contribution is 2.18. The van der Waals surface area contributed by atoms with Crippen molar-refractivity contribution in [1.29, 1.82) is 5.26 Å². The molecule has 2 rings (SSSR count). The number of likely N-dealkylation sites (N-methyl/N-ethyl adjacent to an activating group) is 1. The number of hydrogen-bond acceptors (Lipinski definition) is 4. The molecular weight excluding hydrogens is 250 g/mol. The van der Waals surface area contributed by atoms with Crippen molar-refractivity contribution in [1.82, 2.24) is 9.80 Å². The van der Waals surface area contributed by atoms with Crippen molar-refractivity contribution in [2.24, 2.45) is 0 Å². The molecule has 0 N–H and O–H groups in total. The van der Waals surface area contributed by atoms with E-state index < -0.39 is 0 Å². The van der Waals surface area contributed by atoms with Crippen LogP contribution in [-0.2, 0) is 0 Å². The zero-order valence-electron chi connectivity index (χ0n) is 12.4. The number of likely N-dealkylation sites (tertiary alicyclic amines) is 1. The fourth-order valence-corrected chi connectivity index (χ4v) is 2.72. The van der Waals surface area contributed by atoms with Crippen LogP contribution in [0.4, 0.5) is 0 Å². The van der Waals surface area contributed by atoms with Gasteiger partial charge in [0.15, 0.2) is 0 Å². The van der Waals surface area contributed by atoms with Crippen LogP contribution in [0.2, 0.25) is 0 Å². The molecule has 0 saturated carbocycles. The maximum atomic E-state index is 8.75. The molecule has 1 heterocycles. The molecule has 1 aromatic carbocycles. The molecule has 1 saturated heterocycles. The number of nitriles is 1. The van der Waals surface area contributed by atoms with Gasteiger partial charge in [0.1, 0.15) is 12.4 Å². The topological polar surface area (TPSA) is 39.5 Å². The molecule has 1 aliphatic rings. The van der Waals surface area contributed by atoms with E-state index in [-0.39, 0.29) is 0 Å². The molecule has 4 nitrogen and oxygen atoms in total. The monoisotopic (exact) mass is 273 g/mol. The van der Waals surface area contributed by atoms with Gasteiger partial charge in [-0.05, 0) is 57.7 Å². The smallest absolute Gasteiger partial charge is 0.119 e. The van der Waals surface area contributed by atoms with E-state index >= 15 is 0 Å². The van der Waals surface area contributed by atoms with Crippen LogP contribution in [0.1, 0.15) is 18.4 Å². The summed E-state index contributed by atoms with van der Waals surface area (Å²) in [5.74, 6) is 0.840. The van der Waals surface area contributed by atoms with Crippen LogP contribution >= 0.6 is 0 Å². The first-order valence-corrected chi connectivity index (χ1v) is 7.21. The lowest BCUT2D eigenvalue weighted by Crippen LogP contribution is -2.39. The SMILES string of the molecule is CN(C)CC1CCCN1CCOc1ccc(C#N)cc1. The number of benzene rings is 1. The third kappa shape index (κ3) is 4.22. The standard InChI is InChI=1S/C16H23N3O/c1-18(2)13-15-4-3-9-19(15)10-11-20-16-7-5-14(12-17)6-8-16/h5-8,15H,3-4,9-11,13H2,1-2H3. The number of ether oxygens (including phenoxy) is 1. The molecular formula is C16H23N3O. The fraction of sp³-hybridized carbons (Fsp3) is 0.562. The maximum Gasteiger partial charge on any atom is 0.119 e. The fourth-order valence-electron chi connectivity index (χ4n) is 2.72. The van der Waals surface area contributed by atoms with Crippen molar-refractivity contribution in [2.75, 3.05) is 40.3 Å². The number of hydrogen-bond donors (Lipinski definition) is 0. The third-order valence-electron chi connectivity index (χ3n) is 3.71. The first-order chi connectivity index (χ1) is 9.69. The maximum absolute atomic E-state index is 8.75. The largest absolute Gasteiger partial charge is 0.492 e. The normalized spacial score (nSPS) is 19.2. The van der Waals surface area contributed by atoms with E-state index in [1.165, 1.54) is 19.4 Å². The summed E-state index contributed by atoms with van der Waals surface area (Å²) < 4.78 is 5.76. The summed E-state index contributed by atoms with van der Waals surface area (Å²) >= 11 is 0. The van der Waals surface area contributed by atoms with Crippen LogP contribution < -0.4 is 4.74 Å². The Kier molecular flexibility index (Phi) is 5.40. The van der Waals surface area contributed by atoms with Crippen molar-refractivity contribution >= 4 is 0 Å². The molecule has 0 bridgehead atoms. The van der Waals surface area contributed by atoms with Gasteiger partial charge in [-0.25, -0.2) is 0 Å². The summed E-state index contributed by atoms with van der Waals surface area (Å²) in [7, 11) is 4.26. The Bertz CT molecular complexity index is 450. The third-order valence-corrected chi connectivity index (χ3v) is 3.71. The van der Waals surface area contributed by atoms with Crippen LogP contribution in [0.3, 0.4) is 0 Å². The first-order valence-electron chi connectivity index (χ1n) is 7.21. The van der Waals surface area contributed by atoms with E-state index in [1.54, 1.807) is 12.1 Å². The Morgan fingerprint density at radius 3 is 2.75 bits per heavy atom. The quantitative estimate of drug-likeness (QED) is 0.794. The van der Waals surface area contributed by atoms with Crippen LogP contribution in [-0.4, -0.2) is 56.2 Å². The number of rotatable bonds is 6. The number of nitrogens with zero attached hydrogens (tertiary/aromatic N) is 3. The average Bonchev–Trinajstić information content (AvgIpc) is 2.86. The molecule has 1 unspecified atom stereocenters. The van der Waals surface area contributed by atoms with Crippen molar-refractivity contribution < 1.29 is 4.74 Å². The van der Waals surface area contributed by atoms with Gasteiger partial charge in [0, 0.05) is 19.1 Å².